The SMILES string of the molecule is COc1cc2c(cc1OC)C(CC(C)C)(C[N+](=O)[O-])OCC2. The molecular weight excluding hydrogens is 286 g/mol. The zero-order valence-corrected chi connectivity index (χ0v) is 13.5. The quantitative estimate of drug-likeness (QED) is 0.597. The maximum atomic E-state index is 11.2. The van der Waals surface area contributed by atoms with Crippen LogP contribution in [0.15, 0.2) is 12.1 Å². The topological polar surface area (TPSA) is 70.8 Å². The molecule has 0 bridgehead atoms. The maximum Gasteiger partial charge on any atom is 0.236 e. The van der Waals surface area contributed by atoms with Crippen molar-refractivity contribution in [1.82, 2.24) is 0 Å². The molecule has 0 aromatic heterocycles. The van der Waals surface area contributed by atoms with Crippen LogP contribution in [-0.2, 0) is 16.8 Å². The molecule has 0 saturated carbocycles. The van der Waals surface area contributed by atoms with E-state index in [1.54, 1.807) is 14.2 Å². The van der Waals surface area contributed by atoms with Crippen LogP contribution >= 0.6 is 0 Å². The van der Waals surface area contributed by atoms with Crippen LogP contribution in [0.25, 0.3) is 0 Å². The molecular formula is C16H23NO5. The largest absolute Gasteiger partial charge is 0.493 e. The number of hydrogen-bond donors (Lipinski definition) is 0. The van der Waals surface area contributed by atoms with E-state index >= 15 is 0 Å². The van der Waals surface area contributed by atoms with Gasteiger partial charge in [-0.1, -0.05) is 13.8 Å². The standard InChI is InChI=1S/C16H23NO5/c1-11(2)9-16(10-17(18)19)13-8-15(21-4)14(20-3)7-12(13)5-6-22-16/h7-8,11H,5-6,9-10H2,1-4H3. The Labute approximate surface area is 130 Å². The van der Waals surface area contributed by atoms with E-state index in [9.17, 15) is 10.1 Å². The number of hydrogen-bond acceptors (Lipinski definition) is 5. The van der Waals surface area contributed by atoms with Gasteiger partial charge in [0.25, 0.3) is 0 Å². The van der Waals surface area contributed by atoms with E-state index in [0.717, 1.165) is 11.1 Å². The Hall–Kier alpha value is -1.82. The summed E-state index contributed by atoms with van der Waals surface area (Å²) in [6, 6.07) is 3.74. The number of nitrogens with zero attached hydrogens (tertiary/aromatic N) is 1. The first kappa shape index (κ1) is 16.5. The third-order valence-corrected chi connectivity index (χ3v) is 3.97. The second kappa shape index (κ2) is 6.52. The summed E-state index contributed by atoms with van der Waals surface area (Å²) < 4.78 is 16.6. The van der Waals surface area contributed by atoms with Crippen LogP contribution in [0.2, 0.25) is 0 Å². The molecule has 1 unspecified atom stereocenters. The molecule has 2 rings (SSSR count). The molecule has 0 amide bonds. The fourth-order valence-corrected chi connectivity index (χ4v) is 3.22. The molecule has 0 radical (unpaired) electrons. The maximum absolute atomic E-state index is 11.2. The number of rotatable bonds is 6. The molecule has 1 heterocycles. The lowest BCUT2D eigenvalue weighted by atomic mass is 9.80. The first-order valence-electron chi connectivity index (χ1n) is 7.43. The van der Waals surface area contributed by atoms with Crippen LogP contribution in [0.1, 0.15) is 31.4 Å². The lowest BCUT2D eigenvalue weighted by Gasteiger charge is -2.37. The van der Waals surface area contributed by atoms with Gasteiger partial charge in [-0.05, 0) is 42.0 Å². The van der Waals surface area contributed by atoms with Crippen LogP contribution in [0.3, 0.4) is 0 Å². The van der Waals surface area contributed by atoms with Crippen molar-refractivity contribution in [3.05, 3.63) is 33.4 Å². The first-order chi connectivity index (χ1) is 10.4. The summed E-state index contributed by atoms with van der Waals surface area (Å²) in [5.41, 5.74) is 0.985. The third kappa shape index (κ3) is 3.16. The molecule has 1 aliphatic rings. The molecule has 6 nitrogen and oxygen atoms in total. The van der Waals surface area contributed by atoms with Gasteiger partial charge in [0.2, 0.25) is 6.54 Å². The molecule has 1 aliphatic heterocycles. The number of nitro groups is 1. The average Bonchev–Trinajstić information content (AvgIpc) is 2.44. The highest BCUT2D eigenvalue weighted by atomic mass is 16.6. The number of ether oxygens (including phenoxy) is 3. The minimum atomic E-state index is -0.898. The van der Waals surface area contributed by atoms with Gasteiger partial charge in [-0.25, -0.2) is 0 Å². The van der Waals surface area contributed by atoms with Crippen LogP contribution < -0.4 is 9.47 Å². The molecule has 0 aliphatic carbocycles. The molecule has 1 atom stereocenters. The van der Waals surface area contributed by atoms with Crippen molar-refractivity contribution in [3.8, 4) is 11.5 Å². The van der Waals surface area contributed by atoms with Crippen LogP contribution in [0, 0.1) is 16.0 Å². The Morgan fingerprint density at radius 3 is 2.50 bits per heavy atom. The molecule has 22 heavy (non-hydrogen) atoms. The Morgan fingerprint density at radius 2 is 1.95 bits per heavy atom. The van der Waals surface area contributed by atoms with Crippen molar-refractivity contribution < 1.29 is 19.1 Å². The second-order valence-corrected chi connectivity index (χ2v) is 6.05. The van der Waals surface area contributed by atoms with E-state index in [4.69, 9.17) is 14.2 Å². The van der Waals surface area contributed by atoms with Crippen molar-refractivity contribution >= 4 is 0 Å². The van der Waals surface area contributed by atoms with Crippen molar-refractivity contribution in [2.24, 2.45) is 5.92 Å². The minimum absolute atomic E-state index is 0.242. The summed E-state index contributed by atoms with van der Waals surface area (Å²) in [7, 11) is 3.15. The Bertz CT molecular complexity index is 558. The summed E-state index contributed by atoms with van der Waals surface area (Å²) in [5.74, 6) is 1.49. The minimum Gasteiger partial charge on any atom is -0.493 e. The summed E-state index contributed by atoms with van der Waals surface area (Å²) in [5, 5.41) is 11.2. The highest BCUT2D eigenvalue weighted by Gasteiger charge is 2.44. The van der Waals surface area contributed by atoms with Crippen LogP contribution in [-0.4, -0.2) is 32.3 Å². The Kier molecular flexibility index (Phi) is 4.90. The van der Waals surface area contributed by atoms with Gasteiger partial charge in [-0.15, -0.1) is 0 Å². The molecule has 6 heteroatoms. The monoisotopic (exact) mass is 309 g/mol. The lowest BCUT2D eigenvalue weighted by molar-refractivity contribution is -0.506. The van der Waals surface area contributed by atoms with Gasteiger partial charge in [-0.3, -0.25) is 10.1 Å². The lowest BCUT2D eigenvalue weighted by Crippen LogP contribution is -2.42. The molecule has 1 aromatic carbocycles. The smallest absolute Gasteiger partial charge is 0.236 e. The fourth-order valence-electron chi connectivity index (χ4n) is 3.22. The van der Waals surface area contributed by atoms with Crippen molar-refractivity contribution in [3.63, 3.8) is 0 Å². The Morgan fingerprint density at radius 1 is 1.32 bits per heavy atom. The summed E-state index contributed by atoms with van der Waals surface area (Å²) >= 11 is 0. The average molecular weight is 309 g/mol. The van der Waals surface area contributed by atoms with E-state index in [-0.39, 0.29) is 17.4 Å². The van der Waals surface area contributed by atoms with Gasteiger partial charge in [-0.2, -0.15) is 0 Å². The van der Waals surface area contributed by atoms with Gasteiger partial charge >= 0.3 is 0 Å². The van der Waals surface area contributed by atoms with Gasteiger partial charge in [0.05, 0.1) is 20.8 Å². The highest BCUT2D eigenvalue weighted by Crippen LogP contribution is 2.43. The molecule has 122 valence electrons. The van der Waals surface area contributed by atoms with E-state index in [0.29, 0.717) is 30.9 Å². The normalized spacial score (nSPS) is 20.6. The number of methoxy groups -OCH3 is 2. The number of fused-ring (bicyclic) bond motifs is 1. The van der Waals surface area contributed by atoms with Gasteiger partial charge in [0.15, 0.2) is 17.1 Å². The van der Waals surface area contributed by atoms with E-state index < -0.39 is 5.60 Å². The predicted molar refractivity (Wildman–Crippen MR) is 82.2 cm³/mol. The van der Waals surface area contributed by atoms with Crippen molar-refractivity contribution in [1.29, 1.82) is 0 Å². The Balaban J connectivity index is 2.57. The number of benzene rings is 1. The van der Waals surface area contributed by atoms with Crippen LogP contribution in [0.4, 0.5) is 0 Å². The summed E-state index contributed by atoms with van der Waals surface area (Å²) in [6.07, 6.45) is 1.31. The van der Waals surface area contributed by atoms with Crippen molar-refractivity contribution in [2.75, 3.05) is 27.4 Å². The van der Waals surface area contributed by atoms with Gasteiger partial charge in [0, 0.05) is 4.92 Å². The molecule has 0 saturated heterocycles. The van der Waals surface area contributed by atoms with Crippen molar-refractivity contribution in [2.45, 2.75) is 32.3 Å². The predicted octanol–water partition coefficient (Wildman–Crippen LogP) is 2.79. The highest BCUT2D eigenvalue weighted by molar-refractivity contribution is 5.50. The summed E-state index contributed by atoms with van der Waals surface area (Å²) in [6.45, 7) is 4.32. The zero-order valence-electron chi connectivity index (χ0n) is 13.5. The molecule has 0 N–H and O–H groups in total. The first-order valence-corrected chi connectivity index (χ1v) is 7.43. The zero-order chi connectivity index (χ0) is 16.3. The van der Waals surface area contributed by atoms with E-state index in [1.165, 1.54) is 0 Å². The van der Waals surface area contributed by atoms with E-state index in [1.807, 2.05) is 26.0 Å². The van der Waals surface area contributed by atoms with Gasteiger partial charge < -0.3 is 14.2 Å². The fraction of sp³-hybridized carbons (Fsp3) is 0.625. The second-order valence-electron chi connectivity index (χ2n) is 6.05. The van der Waals surface area contributed by atoms with Crippen LogP contribution in [0.5, 0.6) is 11.5 Å². The molecule has 0 spiro atoms. The third-order valence-electron chi connectivity index (χ3n) is 3.97. The molecule has 1 aromatic rings. The summed E-state index contributed by atoms with van der Waals surface area (Å²) in [4.78, 5) is 10.9. The molecule has 0 fully saturated rings. The van der Waals surface area contributed by atoms with Gasteiger partial charge in [0.1, 0.15) is 0 Å². The van der Waals surface area contributed by atoms with E-state index in [2.05, 4.69) is 0 Å².